The molecule has 1 aliphatic heterocycles. The molecule has 1 aromatic heterocycles. The van der Waals surface area contributed by atoms with Gasteiger partial charge in [0.25, 0.3) is 0 Å². The Hall–Kier alpha value is -1.59. The SMILES string of the molecule is COC(=O)Cc1nc2n(n1)C(C1CCCC1)CCN2. The molecule has 6 heteroatoms. The van der Waals surface area contributed by atoms with E-state index in [1.807, 2.05) is 4.68 Å². The highest BCUT2D eigenvalue weighted by Crippen LogP contribution is 2.38. The van der Waals surface area contributed by atoms with E-state index < -0.39 is 0 Å². The third kappa shape index (κ3) is 2.43. The van der Waals surface area contributed by atoms with Crippen molar-refractivity contribution >= 4 is 11.9 Å². The normalized spacial score (nSPS) is 22.9. The summed E-state index contributed by atoms with van der Waals surface area (Å²) in [4.78, 5) is 15.7. The van der Waals surface area contributed by atoms with E-state index in [4.69, 9.17) is 0 Å². The van der Waals surface area contributed by atoms with Gasteiger partial charge >= 0.3 is 5.97 Å². The molecule has 2 aliphatic rings. The molecule has 104 valence electrons. The van der Waals surface area contributed by atoms with Crippen LogP contribution in [0.3, 0.4) is 0 Å². The summed E-state index contributed by atoms with van der Waals surface area (Å²) in [6.07, 6.45) is 6.47. The first-order valence-electron chi connectivity index (χ1n) is 7.04. The van der Waals surface area contributed by atoms with Crippen LogP contribution in [-0.4, -0.2) is 34.4 Å². The van der Waals surface area contributed by atoms with Crippen LogP contribution in [0, 0.1) is 5.92 Å². The van der Waals surface area contributed by atoms with E-state index in [1.165, 1.54) is 32.8 Å². The number of esters is 1. The van der Waals surface area contributed by atoms with Gasteiger partial charge in [0.2, 0.25) is 5.95 Å². The van der Waals surface area contributed by atoms with Crippen LogP contribution in [0.4, 0.5) is 5.95 Å². The topological polar surface area (TPSA) is 69.0 Å². The Labute approximate surface area is 112 Å². The average molecular weight is 264 g/mol. The molecular weight excluding hydrogens is 244 g/mol. The van der Waals surface area contributed by atoms with E-state index in [9.17, 15) is 4.79 Å². The lowest BCUT2D eigenvalue weighted by molar-refractivity contribution is -0.139. The van der Waals surface area contributed by atoms with Gasteiger partial charge in [0.05, 0.1) is 13.2 Å². The monoisotopic (exact) mass is 264 g/mol. The first kappa shape index (κ1) is 12.4. The second-order valence-corrected chi connectivity index (χ2v) is 5.38. The second kappa shape index (κ2) is 5.19. The van der Waals surface area contributed by atoms with Gasteiger partial charge in [0, 0.05) is 6.54 Å². The van der Waals surface area contributed by atoms with Gasteiger partial charge in [0.15, 0.2) is 5.82 Å². The zero-order valence-corrected chi connectivity index (χ0v) is 11.3. The third-order valence-corrected chi connectivity index (χ3v) is 4.19. The summed E-state index contributed by atoms with van der Waals surface area (Å²) in [5.41, 5.74) is 0. The van der Waals surface area contributed by atoms with Gasteiger partial charge in [-0.15, -0.1) is 0 Å². The van der Waals surface area contributed by atoms with Crippen molar-refractivity contribution in [2.24, 2.45) is 5.92 Å². The fourth-order valence-corrected chi connectivity index (χ4v) is 3.23. The lowest BCUT2D eigenvalue weighted by Crippen LogP contribution is -2.28. The molecule has 1 fully saturated rings. The van der Waals surface area contributed by atoms with Gasteiger partial charge in [-0.05, 0) is 25.2 Å². The second-order valence-electron chi connectivity index (χ2n) is 5.38. The highest BCUT2D eigenvalue weighted by Gasteiger charge is 2.31. The molecule has 0 amide bonds. The van der Waals surface area contributed by atoms with Gasteiger partial charge in [-0.25, -0.2) is 4.68 Å². The Kier molecular flexibility index (Phi) is 3.40. The van der Waals surface area contributed by atoms with Crippen LogP contribution in [0.5, 0.6) is 0 Å². The maximum absolute atomic E-state index is 11.3. The Morgan fingerprint density at radius 1 is 1.42 bits per heavy atom. The molecule has 0 radical (unpaired) electrons. The summed E-state index contributed by atoms with van der Waals surface area (Å²) in [6.45, 7) is 0.942. The van der Waals surface area contributed by atoms with Crippen molar-refractivity contribution in [3.05, 3.63) is 5.82 Å². The summed E-state index contributed by atoms with van der Waals surface area (Å²) in [6, 6.07) is 0.442. The van der Waals surface area contributed by atoms with Gasteiger partial charge in [0.1, 0.15) is 6.42 Å². The summed E-state index contributed by atoms with van der Waals surface area (Å²) >= 11 is 0. The largest absolute Gasteiger partial charge is 0.469 e. The van der Waals surface area contributed by atoms with E-state index in [-0.39, 0.29) is 12.4 Å². The zero-order chi connectivity index (χ0) is 13.2. The molecule has 1 unspecified atom stereocenters. The summed E-state index contributed by atoms with van der Waals surface area (Å²) in [5.74, 6) is 1.79. The summed E-state index contributed by atoms with van der Waals surface area (Å²) in [7, 11) is 1.39. The average Bonchev–Trinajstić information content (AvgIpc) is 3.06. The van der Waals surface area contributed by atoms with Gasteiger partial charge in [-0.1, -0.05) is 12.8 Å². The summed E-state index contributed by atoms with van der Waals surface area (Å²) in [5, 5.41) is 7.77. The van der Waals surface area contributed by atoms with E-state index in [1.54, 1.807) is 0 Å². The van der Waals surface area contributed by atoms with Crippen LogP contribution in [-0.2, 0) is 16.0 Å². The number of hydrogen-bond donors (Lipinski definition) is 1. The first-order chi connectivity index (χ1) is 9.28. The molecule has 0 saturated heterocycles. The number of nitrogens with one attached hydrogen (secondary N) is 1. The van der Waals surface area contributed by atoms with E-state index in [2.05, 4.69) is 20.1 Å². The maximum Gasteiger partial charge on any atom is 0.313 e. The lowest BCUT2D eigenvalue weighted by atomic mass is 9.95. The van der Waals surface area contributed by atoms with Crippen molar-refractivity contribution < 1.29 is 9.53 Å². The molecule has 1 atom stereocenters. The van der Waals surface area contributed by atoms with Crippen molar-refractivity contribution in [3.8, 4) is 0 Å². The number of ether oxygens (including phenoxy) is 1. The van der Waals surface area contributed by atoms with Crippen LogP contribution in [0.15, 0.2) is 0 Å². The Bertz CT molecular complexity index is 465. The molecule has 1 aromatic rings. The standard InChI is InChI=1S/C13H20N4O2/c1-19-12(18)8-11-15-13-14-7-6-10(17(13)16-11)9-4-2-3-5-9/h9-10H,2-8H2,1H3,(H,14,15,16). The number of aromatic nitrogens is 3. The van der Waals surface area contributed by atoms with E-state index in [0.29, 0.717) is 17.8 Å². The first-order valence-corrected chi connectivity index (χ1v) is 7.04. The van der Waals surface area contributed by atoms with Gasteiger partial charge < -0.3 is 10.1 Å². The molecule has 6 nitrogen and oxygen atoms in total. The Morgan fingerprint density at radius 3 is 2.95 bits per heavy atom. The van der Waals surface area contributed by atoms with Gasteiger partial charge in [-0.3, -0.25) is 4.79 Å². The van der Waals surface area contributed by atoms with Crippen LogP contribution < -0.4 is 5.32 Å². The number of hydrogen-bond acceptors (Lipinski definition) is 5. The Balaban J connectivity index is 1.81. The quantitative estimate of drug-likeness (QED) is 0.839. The summed E-state index contributed by atoms with van der Waals surface area (Å²) < 4.78 is 6.66. The lowest BCUT2D eigenvalue weighted by Gasteiger charge is -2.28. The molecular formula is C13H20N4O2. The number of carbonyl (C=O) groups is 1. The van der Waals surface area contributed by atoms with Crippen LogP contribution in [0.25, 0.3) is 0 Å². The molecule has 2 heterocycles. The molecule has 19 heavy (non-hydrogen) atoms. The molecule has 1 N–H and O–H groups in total. The number of carbonyl (C=O) groups excluding carboxylic acids is 1. The number of rotatable bonds is 3. The number of anilines is 1. The highest BCUT2D eigenvalue weighted by atomic mass is 16.5. The van der Waals surface area contributed by atoms with Crippen molar-refractivity contribution in [1.29, 1.82) is 0 Å². The minimum atomic E-state index is -0.291. The Morgan fingerprint density at radius 2 is 2.21 bits per heavy atom. The van der Waals surface area contributed by atoms with E-state index in [0.717, 1.165) is 18.9 Å². The third-order valence-electron chi connectivity index (χ3n) is 4.19. The molecule has 1 saturated carbocycles. The fraction of sp³-hybridized carbons (Fsp3) is 0.769. The molecule has 0 aromatic carbocycles. The van der Waals surface area contributed by atoms with Crippen molar-refractivity contribution in [1.82, 2.24) is 14.8 Å². The number of fused-ring (bicyclic) bond motifs is 1. The molecule has 1 aliphatic carbocycles. The fourth-order valence-electron chi connectivity index (χ4n) is 3.23. The van der Waals surface area contributed by atoms with Gasteiger partial charge in [-0.2, -0.15) is 10.1 Å². The van der Waals surface area contributed by atoms with Crippen LogP contribution in [0.1, 0.15) is 44.0 Å². The number of nitrogens with zero attached hydrogens (tertiary/aromatic N) is 3. The van der Waals surface area contributed by atoms with Crippen molar-refractivity contribution in [2.45, 2.75) is 44.6 Å². The minimum absolute atomic E-state index is 0.148. The maximum atomic E-state index is 11.3. The number of methoxy groups -OCH3 is 1. The highest BCUT2D eigenvalue weighted by molar-refractivity contribution is 5.71. The predicted octanol–water partition coefficient (Wildman–Crippen LogP) is 1.54. The smallest absolute Gasteiger partial charge is 0.313 e. The minimum Gasteiger partial charge on any atom is -0.469 e. The molecule has 0 bridgehead atoms. The van der Waals surface area contributed by atoms with Crippen LogP contribution in [0.2, 0.25) is 0 Å². The predicted molar refractivity (Wildman–Crippen MR) is 69.8 cm³/mol. The molecule has 3 rings (SSSR count). The zero-order valence-electron chi connectivity index (χ0n) is 11.3. The van der Waals surface area contributed by atoms with Crippen LogP contribution >= 0.6 is 0 Å². The van der Waals surface area contributed by atoms with Crippen molar-refractivity contribution in [2.75, 3.05) is 19.0 Å². The van der Waals surface area contributed by atoms with E-state index >= 15 is 0 Å². The molecule has 0 spiro atoms. The van der Waals surface area contributed by atoms with Crippen molar-refractivity contribution in [3.63, 3.8) is 0 Å².